The zero-order chi connectivity index (χ0) is 16.5. The molecule has 24 heavy (non-hydrogen) atoms. The third-order valence-corrected chi connectivity index (χ3v) is 4.79. The number of aromatic nitrogens is 1. The first-order chi connectivity index (χ1) is 11.7. The molecule has 1 atom stereocenters. The van der Waals surface area contributed by atoms with Gasteiger partial charge in [-0.25, -0.2) is 4.98 Å². The average molecular weight is 321 g/mol. The van der Waals surface area contributed by atoms with Crippen LogP contribution in [0.1, 0.15) is 23.8 Å². The van der Waals surface area contributed by atoms with Crippen LogP contribution in [-0.2, 0) is 6.54 Å². The van der Waals surface area contributed by atoms with Crippen LogP contribution >= 0.6 is 0 Å². The van der Waals surface area contributed by atoms with Crippen molar-refractivity contribution in [1.29, 1.82) is 0 Å². The first-order valence-corrected chi connectivity index (χ1v) is 8.53. The summed E-state index contributed by atoms with van der Waals surface area (Å²) in [5.74, 6) is 1.29. The fraction of sp³-hybridized carbons (Fsp3) is 0.350. The zero-order valence-corrected chi connectivity index (χ0v) is 14.3. The van der Waals surface area contributed by atoms with Crippen molar-refractivity contribution in [3.63, 3.8) is 0 Å². The van der Waals surface area contributed by atoms with Gasteiger partial charge in [-0.2, -0.15) is 0 Å². The van der Waals surface area contributed by atoms with Gasteiger partial charge in [0.25, 0.3) is 0 Å². The highest BCUT2D eigenvalue weighted by molar-refractivity contribution is 5.72. The van der Waals surface area contributed by atoms with Gasteiger partial charge in [-0.05, 0) is 42.8 Å². The van der Waals surface area contributed by atoms with E-state index in [1.165, 1.54) is 11.3 Å². The summed E-state index contributed by atoms with van der Waals surface area (Å²) in [6.07, 6.45) is 1.11. The van der Waals surface area contributed by atoms with Crippen LogP contribution in [0.4, 0.5) is 5.69 Å². The number of fused-ring (bicyclic) bond motifs is 1. The average Bonchev–Trinajstić information content (AvgIpc) is 3.21. The Bertz CT molecular complexity index is 789. The number of hydrogen-bond donors (Lipinski definition) is 0. The molecule has 1 fully saturated rings. The largest absolute Gasteiger partial charge is 0.440 e. The molecule has 0 N–H and O–H groups in total. The lowest BCUT2D eigenvalue weighted by atomic mass is 10.1. The number of para-hydroxylation sites is 2. The fourth-order valence-electron chi connectivity index (χ4n) is 3.40. The standard InChI is InChI=1S/C20H23N3O/c1-22(2)17-9-7-15(8-10-17)13-23-12-11-16(14-23)20-21-18-5-3-4-6-19(18)24-20/h3-10,16H,11-14H2,1-2H3. The molecule has 2 heterocycles. The summed E-state index contributed by atoms with van der Waals surface area (Å²) >= 11 is 0. The van der Waals surface area contributed by atoms with Gasteiger partial charge in [-0.1, -0.05) is 24.3 Å². The highest BCUT2D eigenvalue weighted by Gasteiger charge is 2.27. The highest BCUT2D eigenvalue weighted by atomic mass is 16.3. The Morgan fingerprint density at radius 3 is 2.67 bits per heavy atom. The number of oxazole rings is 1. The smallest absolute Gasteiger partial charge is 0.199 e. The molecule has 0 aliphatic carbocycles. The van der Waals surface area contributed by atoms with Gasteiger partial charge in [0.15, 0.2) is 11.5 Å². The summed E-state index contributed by atoms with van der Waals surface area (Å²) in [6, 6.07) is 16.8. The van der Waals surface area contributed by atoms with E-state index in [4.69, 9.17) is 4.42 Å². The van der Waals surface area contributed by atoms with E-state index in [1.807, 2.05) is 24.3 Å². The van der Waals surface area contributed by atoms with Crippen LogP contribution in [0.25, 0.3) is 11.1 Å². The molecule has 3 aromatic rings. The first kappa shape index (κ1) is 15.2. The molecule has 1 aliphatic heterocycles. The van der Waals surface area contributed by atoms with Gasteiger partial charge in [0.1, 0.15) is 5.52 Å². The predicted molar refractivity (Wildman–Crippen MR) is 97.4 cm³/mol. The summed E-state index contributed by atoms with van der Waals surface area (Å²) < 4.78 is 5.95. The second-order valence-electron chi connectivity index (χ2n) is 6.80. The number of nitrogens with zero attached hydrogens (tertiary/aromatic N) is 3. The number of benzene rings is 2. The highest BCUT2D eigenvalue weighted by Crippen LogP contribution is 2.30. The molecule has 1 aliphatic rings. The SMILES string of the molecule is CN(C)c1ccc(CN2CCC(c3nc4ccccc4o3)C2)cc1. The van der Waals surface area contributed by atoms with Crippen molar-refractivity contribution in [2.24, 2.45) is 0 Å². The molecule has 0 spiro atoms. The van der Waals surface area contributed by atoms with Crippen molar-refractivity contribution in [3.05, 3.63) is 60.0 Å². The molecule has 124 valence electrons. The summed E-state index contributed by atoms with van der Waals surface area (Å²) in [4.78, 5) is 9.29. The van der Waals surface area contributed by atoms with Gasteiger partial charge in [0.2, 0.25) is 0 Å². The molecule has 4 heteroatoms. The van der Waals surface area contributed by atoms with Crippen molar-refractivity contribution < 1.29 is 4.42 Å². The number of rotatable bonds is 4. The maximum absolute atomic E-state index is 5.95. The maximum atomic E-state index is 5.95. The van der Waals surface area contributed by atoms with Gasteiger partial charge < -0.3 is 9.32 Å². The molecule has 4 rings (SSSR count). The normalized spacial score (nSPS) is 18.3. The van der Waals surface area contributed by atoms with Crippen molar-refractivity contribution in [2.45, 2.75) is 18.9 Å². The Balaban J connectivity index is 1.42. The van der Waals surface area contributed by atoms with Gasteiger partial charge >= 0.3 is 0 Å². The minimum Gasteiger partial charge on any atom is -0.440 e. The van der Waals surface area contributed by atoms with Crippen LogP contribution in [0.3, 0.4) is 0 Å². The minimum absolute atomic E-state index is 0.401. The van der Waals surface area contributed by atoms with Crippen molar-refractivity contribution in [2.75, 3.05) is 32.1 Å². The fourth-order valence-corrected chi connectivity index (χ4v) is 3.40. The van der Waals surface area contributed by atoms with E-state index in [-0.39, 0.29) is 0 Å². The van der Waals surface area contributed by atoms with E-state index in [0.29, 0.717) is 5.92 Å². The lowest BCUT2D eigenvalue weighted by molar-refractivity contribution is 0.321. The van der Waals surface area contributed by atoms with E-state index >= 15 is 0 Å². The summed E-state index contributed by atoms with van der Waals surface area (Å²) in [6.45, 7) is 3.10. The second kappa shape index (κ2) is 6.29. The summed E-state index contributed by atoms with van der Waals surface area (Å²) in [5.41, 5.74) is 4.46. The topological polar surface area (TPSA) is 32.5 Å². The molecular formula is C20H23N3O. The van der Waals surface area contributed by atoms with Gasteiger partial charge in [0, 0.05) is 38.8 Å². The van der Waals surface area contributed by atoms with Crippen LogP contribution in [0, 0.1) is 0 Å². The van der Waals surface area contributed by atoms with Crippen molar-refractivity contribution in [1.82, 2.24) is 9.88 Å². The lowest BCUT2D eigenvalue weighted by Gasteiger charge is -2.17. The van der Waals surface area contributed by atoms with Gasteiger partial charge in [-0.15, -0.1) is 0 Å². The van der Waals surface area contributed by atoms with Crippen LogP contribution in [0.2, 0.25) is 0 Å². The first-order valence-electron chi connectivity index (χ1n) is 8.53. The Hall–Kier alpha value is -2.33. The Morgan fingerprint density at radius 1 is 1.12 bits per heavy atom. The molecule has 4 nitrogen and oxygen atoms in total. The van der Waals surface area contributed by atoms with E-state index < -0.39 is 0 Å². The number of anilines is 1. The van der Waals surface area contributed by atoms with Crippen LogP contribution in [-0.4, -0.2) is 37.1 Å². The minimum atomic E-state index is 0.401. The van der Waals surface area contributed by atoms with E-state index in [9.17, 15) is 0 Å². The molecule has 2 aromatic carbocycles. The Labute approximate surface area is 142 Å². The number of likely N-dealkylation sites (tertiary alicyclic amines) is 1. The molecule has 0 radical (unpaired) electrons. The summed E-state index contributed by atoms with van der Waals surface area (Å²) in [5, 5.41) is 0. The van der Waals surface area contributed by atoms with Crippen molar-refractivity contribution in [3.8, 4) is 0 Å². The molecule has 1 aromatic heterocycles. The third kappa shape index (κ3) is 3.02. The third-order valence-electron chi connectivity index (χ3n) is 4.79. The molecular weight excluding hydrogens is 298 g/mol. The Kier molecular flexibility index (Phi) is 3.98. The van der Waals surface area contributed by atoms with Crippen LogP contribution in [0.15, 0.2) is 52.9 Å². The second-order valence-corrected chi connectivity index (χ2v) is 6.80. The van der Waals surface area contributed by atoms with Gasteiger partial charge in [0.05, 0.1) is 0 Å². The predicted octanol–water partition coefficient (Wildman–Crippen LogP) is 3.88. The van der Waals surface area contributed by atoms with Crippen LogP contribution in [0.5, 0.6) is 0 Å². The maximum Gasteiger partial charge on any atom is 0.199 e. The van der Waals surface area contributed by atoms with E-state index in [1.54, 1.807) is 0 Å². The van der Waals surface area contributed by atoms with Crippen molar-refractivity contribution >= 4 is 16.8 Å². The molecule has 0 amide bonds. The van der Waals surface area contributed by atoms with Crippen LogP contribution < -0.4 is 4.90 Å². The Morgan fingerprint density at radius 2 is 1.92 bits per heavy atom. The molecule has 0 bridgehead atoms. The lowest BCUT2D eigenvalue weighted by Crippen LogP contribution is -2.19. The molecule has 0 saturated carbocycles. The van der Waals surface area contributed by atoms with E-state index in [0.717, 1.165) is 43.0 Å². The zero-order valence-electron chi connectivity index (χ0n) is 14.3. The van der Waals surface area contributed by atoms with E-state index in [2.05, 4.69) is 53.1 Å². The number of hydrogen-bond acceptors (Lipinski definition) is 4. The monoisotopic (exact) mass is 321 g/mol. The molecule has 1 unspecified atom stereocenters. The van der Waals surface area contributed by atoms with Gasteiger partial charge in [-0.3, -0.25) is 4.90 Å². The summed E-state index contributed by atoms with van der Waals surface area (Å²) in [7, 11) is 4.14. The quantitative estimate of drug-likeness (QED) is 0.730. The molecule has 1 saturated heterocycles.